The molecule has 0 aliphatic carbocycles. The van der Waals surface area contributed by atoms with Gasteiger partial charge in [-0.2, -0.15) is 0 Å². The molecule has 0 spiro atoms. The molecule has 15 heavy (non-hydrogen) atoms. The Kier molecular flexibility index (Phi) is 4.93. The van der Waals surface area contributed by atoms with Gasteiger partial charge in [-0.05, 0) is 12.1 Å². The first-order chi connectivity index (χ1) is 7.24. The number of carbonyl (C=O) groups is 1. The molecule has 1 N–H and O–H groups in total. The van der Waals surface area contributed by atoms with Crippen LogP contribution in [0.1, 0.15) is 0 Å². The molecule has 1 amide bonds. The summed E-state index contributed by atoms with van der Waals surface area (Å²) >= 11 is 5.83. The first-order valence-electron chi connectivity index (χ1n) is 4.41. The van der Waals surface area contributed by atoms with Crippen molar-refractivity contribution in [3.8, 4) is 0 Å². The number of para-hydroxylation sites is 1. The van der Waals surface area contributed by atoms with E-state index in [-0.39, 0.29) is 6.61 Å². The number of hydrogen-bond donors (Lipinski definition) is 1. The first kappa shape index (κ1) is 11.8. The van der Waals surface area contributed by atoms with E-state index in [1.165, 1.54) is 7.11 Å². The van der Waals surface area contributed by atoms with Crippen LogP contribution >= 0.6 is 11.6 Å². The zero-order valence-corrected chi connectivity index (χ0v) is 9.08. The van der Waals surface area contributed by atoms with Crippen LogP contribution < -0.4 is 5.32 Å². The van der Waals surface area contributed by atoms with Crippen LogP contribution in [-0.4, -0.2) is 26.4 Å². The van der Waals surface area contributed by atoms with Crippen LogP contribution in [0.4, 0.5) is 10.5 Å². The molecule has 0 bridgehead atoms. The average Bonchev–Trinajstić information content (AvgIpc) is 2.22. The molecular formula is C10H12ClNO3. The predicted octanol–water partition coefficient (Wildman–Crippen LogP) is 2.53. The molecule has 0 radical (unpaired) electrons. The van der Waals surface area contributed by atoms with Crippen LogP contribution in [0.25, 0.3) is 0 Å². The van der Waals surface area contributed by atoms with Crippen LogP contribution in [-0.2, 0) is 9.47 Å². The van der Waals surface area contributed by atoms with Gasteiger partial charge >= 0.3 is 6.09 Å². The van der Waals surface area contributed by atoms with Crippen molar-refractivity contribution in [1.82, 2.24) is 0 Å². The zero-order valence-electron chi connectivity index (χ0n) is 8.33. The molecule has 5 heteroatoms. The average molecular weight is 230 g/mol. The number of nitrogens with one attached hydrogen (secondary N) is 1. The van der Waals surface area contributed by atoms with E-state index in [2.05, 4.69) is 5.32 Å². The summed E-state index contributed by atoms with van der Waals surface area (Å²) in [4.78, 5) is 11.2. The Morgan fingerprint density at radius 1 is 1.40 bits per heavy atom. The highest BCUT2D eigenvalue weighted by atomic mass is 35.5. The number of rotatable bonds is 4. The van der Waals surface area contributed by atoms with Crippen molar-refractivity contribution in [2.45, 2.75) is 0 Å². The maximum atomic E-state index is 11.2. The van der Waals surface area contributed by atoms with Gasteiger partial charge in [-0.25, -0.2) is 4.79 Å². The van der Waals surface area contributed by atoms with Gasteiger partial charge in [-0.1, -0.05) is 23.7 Å². The molecule has 4 nitrogen and oxygen atoms in total. The van der Waals surface area contributed by atoms with E-state index in [0.717, 1.165) is 0 Å². The van der Waals surface area contributed by atoms with Crippen molar-refractivity contribution in [3.05, 3.63) is 29.3 Å². The lowest BCUT2D eigenvalue weighted by Gasteiger charge is -2.07. The molecule has 0 saturated carbocycles. The van der Waals surface area contributed by atoms with E-state index in [9.17, 15) is 4.79 Å². The van der Waals surface area contributed by atoms with Crippen molar-refractivity contribution in [1.29, 1.82) is 0 Å². The van der Waals surface area contributed by atoms with Gasteiger partial charge in [0.1, 0.15) is 6.61 Å². The number of anilines is 1. The van der Waals surface area contributed by atoms with Crippen LogP contribution in [0.3, 0.4) is 0 Å². The summed E-state index contributed by atoms with van der Waals surface area (Å²) in [7, 11) is 1.54. The lowest BCUT2D eigenvalue weighted by atomic mass is 10.3. The lowest BCUT2D eigenvalue weighted by Crippen LogP contribution is -2.16. The second-order valence-electron chi connectivity index (χ2n) is 2.73. The van der Waals surface area contributed by atoms with Crippen LogP contribution in [0.2, 0.25) is 5.02 Å². The summed E-state index contributed by atoms with van der Waals surface area (Å²) in [5.41, 5.74) is 0.529. The van der Waals surface area contributed by atoms with Crippen molar-refractivity contribution >= 4 is 23.4 Å². The summed E-state index contributed by atoms with van der Waals surface area (Å²) in [6, 6.07) is 6.94. The number of hydrogen-bond acceptors (Lipinski definition) is 3. The molecule has 1 aromatic carbocycles. The highest BCUT2D eigenvalue weighted by molar-refractivity contribution is 6.33. The minimum Gasteiger partial charge on any atom is -0.447 e. The van der Waals surface area contributed by atoms with Gasteiger partial charge in [0, 0.05) is 7.11 Å². The van der Waals surface area contributed by atoms with E-state index in [1.807, 2.05) is 0 Å². The van der Waals surface area contributed by atoms with Gasteiger partial charge in [-0.15, -0.1) is 0 Å². The third-order valence-corrected chi connectivity index (χ3v) is 1.96. The molecule has 0 fully saturated rings. The number of ether oxygens (including phenoxy) is 2. The number of methoxy groups -OCH3 is 1. The fourth-order valence-corrected chi connectivity index (χ4v) is 1.11. The van der Waals surface area contributed by atoms with E-state index < -0.39 is 6.09 Å². The van der Waals surface area contributed by atoms with Gasteiger partial charge in [-0.3, -0.25) is 5.32 Å². The van der Waals surface area contributed by atoms with Crippen molar-refractivity contribution in [2.24, 2.45) is 0 Å². The van der Waals surface area contributed by atoms with Crippen LogP contribution in [0, 0.1) is 0 Å². The number of benzene rings is 1. The molecule has 0 heterocycles. The van der Waals surface area contributed by atoms with Crippen LogP contribution in [0.5, 0.6) is 0 Å². The molecule has 0 unspecified atom stereocenters. The SMILES string of the molecule is COCCOC(=O)Nc1ccccc1Cl. The Balaban J connectivity index is 2.41. The molecule has 0 aromatic heterocycles. The van der Waals surface area contributed by atoms with Gasteiger partial charge in [0.15, 0.2) is 0 Å². The highest BCUT2D eigenvalue weighted by Gasteiger charge is 2.04. The fraction of sp³-hybridized carbons (Fsp3) is 0.300. The van der Waals surface area contributed by atoms with Crippen LogP contribution in [0.15, 0.2) is 24.3 Å². The molecule has 0 atom stereocenters. The minimum absolute atomic E-state index is 0.215. The standard InChI is InChI=1S/C10H12ClNO3/c1-14-6-7-15-10(13)12-9-5-3-2-4-8(9)11/h2-5H,6-7H2,1H3,(H,12,13). The molecule has 0 aliphatic rings. The summed E-state index contributed by atoms with van der Waals surface area (Å²) in [5.74, 6) is 0. The molecular weight excluding hydrogens is 218 g/mol. The number of amides is 1. The number of halogens is 1. The first-order valence-corrected chi connectivity index (χ1v) is 4.79. The number of carbonyl (C=O) groups excluding carboxylic acids is 1. The van der Waals surface area contributed by atoms with Gasteiger partial charge in [0.05, 0.1) is 17.3 Å². The second-order valence-corrected chi connectivity index (χ2v) is 3.14. The largest absolute Gasteiger partial charge is 0.447 e. The Hall–Kier alpha value is -1.26. The predicted molar refractivity (Wildman–Crippen MR) is 58.3 cm³/mol. The summed E-state index contributed by atoms with van der Waals surface area (Å²) in [6.07, 6.45) is -0.542. The molecule has 1 aromatic rings. The topological polar surface area (TPSA) is 47.6 Å². The Labute approximate surface area is 93.1 Å². The van der Waals surface area contributed by atoms with Gasteiger partial charge < -0.3 is 9.47 Å². The summed E-state index contributed by atoms with van der Waals surface area (Å²) in [5, 5.41) is 2.99. The van der Waals surface area contributed by atoms with E-state index in [4.69, 9.17) is 21.1 Å². The molecule has 0 saturated heterocycles. The van der Waals surface area contributed by atoms with Crippen molar-refractivity contribution < 1.29 is 14.3 Å². The van der Waals surface area contributed by atoms with Gasteiger partial charge in [0.25, 0.3) is 0 Å². The van der Waals surface area contributed by atoms with Crippen molar-refractivity contribution in [2.75, 3.05) is 25.6 Å². The van der Waals surface area contributed by atoms with Crippen molar-refractivity contribution in [3.63, 3.8) is 0 Å². The maximum absolute atomic E-state index is 11.2. The Bertz CT molecular complexity index is 330. The van der Waals surface area contributed by atoms with E-state index >= 15 is 0 Å². The summed E-state index contributed by atoms with van der Waals surface area (Å²) < 4.78 is 9.54. The zero-order chi connectivity index (χ0) is 11.1. The fourth-order valence-electron chi connectivity index (χ4n) is 0.926. The monoisotopic (exact) mass is 229 g/mol. The minimum atomic E-state index is -0.542. The Morgan fingerprint density at radius 3 is 2.80 bits per heavy atom. The van der Waals surface area contributed by atoms with Gasteiger partial charge in [0.2, 0.25) is 0 Å². The lowest BCUT2D eigenvalue weighted by molar-refractivity contribution is 0.107. The quantitative estimate of drug-likeness (QED) is 0.808. The highest BCUT2D eigenvalue weighted by Crippen LogP contribution is 2.20. The Morgan fingerprint density at radius 2 is 2.13 bits per heavy atom. The molecule has 82 valence electrons. The van der Waals surface area contributed by atoms with E-state index in [1.54, 1.807) is 24.3 Å². The maximum Gasteiger partial charge on any atom is 0.411 e. The summed E-state index contributed by atoms with van der Waals surface area (Å²) in [6.45, 7) is 0.586. The second kappa shape index (κ2) is 6.27. The third kappa shape index (κ3) is 4.18. The smallest absolute Gasteiger partial charge is 0.411 e. The third-order valence-electron chi connectivity index (χ3n) is 1.63. The molecule has 0 aliphatic heterocycles. The normalized spacial score (nSPS) is 9.73. The van der Waals surface area contributed by atoms with E-state index in [0.29, 0.717) is 17.3 Å². The molecule has 1 rings (SSSR count).